The van der Waals surface area contributed by atoms with E-state index in [1.165, 1.54) is 12.7 Å². The first-order chi connectivity index (χ1) is 10.3. The van der Waals surface area contributed by atoms with Crippen molar-refractivity contribution >= 4 is 11.9 Å². The minimum absolute atomic E-state index is 0.0925. The maximum atomic E-state index is 12.4. The Labute approximate surface area is 124 Å². The molecule has 21 heavy (non-hydrogen) atoms. The lowest BCUT2D eigenvalue weighted by atomic mass is 10.1. The lowest BCUT2D eigenvalue weighted by Gasteiger charge is -2.38. The number of rotatable bonds is 1. The van der Waals surface area contributed by atoms with Crippen molar-refractivity contribution in [3.05, 3.63) is 24.2 Å². The monoisotopic (exact) mass is 291 g/mol. The number of hydrogen-bond acceptors (Lipinski definition) is 3. The zero-order chi connectivity index (χ0) is 14.7. The van der Waals surface area contributed by atoms with Crippen molar-refractivity contribution in [1.82, 2.24) is 14.7 Å². The lowest BCUT2D eigenvalue weighted by Crippen LogP contribution is -2.54. The molecule has 2 fully saturated rings. The van der Waals surface area contributed by atoms with Crippen LogP contribution in [0.3, 0.4) is 0 Å². The van der Waals surface area contributed by atoms with Crippen molar-refractivity contribution in [3.63, 3.8) is 0 Å². The second-order valence-electron chi connectivity index (χ2n) is 5.59. The first kappa shape index (κ1) is 14.0. The molecule has 2 aliphatic rings. The average Bonchev–Trinajstić information content (AvgIpc) is 3.09. The molecule has 0 N–H and O–H groups in total. The first-order valence-electron chi connectivity index (χ1n) is 7.62. The number of piperazine rings is 1. The van der Waals surface area contributed by atoms with Gasteiger partial charge in [-0.25, -0.2) is 4.79 Å². The number of urea groups is 1. The van der Waals surface area contributed by atoms with Gasteiger partial charge < -0.3 is 19.1 Å². The van der Waals surface area contributed by atoms with Crippen molar-refractivity contribution in [1.29, 1.82) is 0 Å². The standard InChI is InChI=1S/C15H21N3O3/c19-14(13-5-4-12-21-13)16-8-10-18(11-9-16)15(20)17-6-2-1-3-7-17/h4-5,12H,1-3,6-11H2. The molecule has 1 aromatic heterocycles. The van der Waals surface area contributed by atoms with Crippen LogP contribution in [0.4, 0.5) is 4.79 Å². The van der Waals surface area contributed by atoms with Crippen LogP contribution in [-0.2, 0) is 0 Å². The molecule has 6 heteroatoms. The summed E-state index contributed by atoms with van der Waals surface area (Å²) in [7, 11) is 0. The second-order valence-corrected chi connectivity index (χ2v) is 5.59. The molecule has 0 radical (unpaired) electrons. The molecule has 2 saturated heterocycles. The minimum Gasteiger partial charge on any atom is -0.459 e. The molecule has 3 heterocycles. The fraction of sp³-hybridized carbons (Fsp3) is 0.600. The third-order valence-electron chi connectivity index (χ3n) is 4.20. The largest absolute Gasteiger partial charge is 0.459 e. The summed E-state index contributed by atoms with van der Waals surface area (Å²) in [5, 5.41) is 0. The zero-order valence-corrected chi connectivity index (χ0v) is 12.2. The summed E-state index contributed by atoms with van der Waals surface area (Å²) >= 11 is 0. The van der Waals surface area contributed by atoms with Gasteiger partial charge in [0.15, 0.2) is 5.76 Å². The van der Waals surface area contributed by atoms with Crippen molar-refractivity contribution < 1.29 is 14.0 Å². The van der Waals surface area contributed by atoms with E-state index < -0.39 is 0 Å². The van der Waals surface area contributed by atoms with Crippen LogP contribution in [0.1, 0.15) is 29.8 Å². The third-order valence-corrected chi connectivity index (χ3v) is 4.20. The summed E-state index contributed by atoms with van der Waals surface area (Å²) in [5.74, 6) is 0.274. The maximum Gasteiger partial charge on any atom is 0.320 e. The van der Waals surface area contributed by atoms with Crippen molar-refractivity contribution in [2.45, 2.75) is 19.3 Å². The molecule has 0 unspecified atom stereocenters. The van der Waals surface area contributed by atoms with Crippen LogP contribution in [-0.4, -0.2) is 65.9 Å². The molecule has 0 aromatic carbocycles. The normalized spacial score (nSPS) is 19.7. The number of likely N-dealkylation sites (tertiary alicyclic amines) is 1. The van der Waals surface area contributed by atoms with Crippen LogP contribution in [0.5, 0.6) is 0 Å². The molecule has 3 rings (SSSR count). The van der Waals surface area contributed by atoms with E-state index in [1.54, 1.807) is 17.0 Å². The molecule has 3 amide bonds. The second kappa shape index (κ2) is 6.20. The summed E-state index contributed by atoms with van der Waals surface area (Å²) in [6.45, 7) is 4.07. The van der Waals surface area contributed by atoms with Crippen LogP contribution < -0.4 is 0 Å². The maximum absolute atomic E-state index is 12.4. The van der Waals surface area contributed by atoms with E-state index in [0.29, 0.717) is 31.9 Å². The van der Waals surface area contributed by atoms with Gasteiger partial charge in [-0.3, -0.25) is 4.79 Å². The van der Waals surface area contributed by atoms with Crippen molar-refractivity contribution in [2.24, 2.45) is 0 Å². The van der Waals surface area contributed by atoms with E-state index >= 15 is 0 Å². The van der Waals surface area contributed by atoms with Gasteiger partial charge in [0.2, 0.25) is 0 Å². The Morgan fingerprint density at radius 1 is 0.857 bits per heavy atom. The van der Waals surface area contributed by atoms with Gasteiger partial charge in [0, 0.05) is 39.3 Å². The van der Waals surface area contributed by atoms with E-state index in [2.05, 4.69) is 0 Å². The predicted octanol–water partition coefficient (Wildman–Crippen LogP) is 1.64. The van der Waals surface area contributed by atoms with Gasteiger partial charge in [0.1, 0.15) is 0 Å². The molecule has 114 valence electrons. The van der Waals surface area contributed by atoms with Crippen LogP contribution in [0, 0.1) is 0 Å². The van der Waals surface area contributed by atoms with Crippen molar-refractivity contribution in [2.75, 3.05) is 39.3 Å². The Bertz CT molecular complexity index is 486. The van der Waals surface area contributed by atoms with Gasteiger partial charge in [-0.1, -0.05) is 0 Å². The number of nitrogens with zero attached hydrogens (tertiary/aromatic N) is 3. The molecule has 0 atom stereocenters. The molecule has 2 aliphatic heterocycles. The third kappa shape index (κ3) is 3.04. The quantitative estimate of drug-likeness (QED) is 0.790. The van der Waals surface area contributed by atoms with Gasteiger partial charge in [0.05, 0.1) is 6.26 Å². The first-order valence-corrected chi connectivity index (χ1v) is 7.62. The Kier molecular flexibility index (Phi) is 4.13. The number of piperidine rings is 1. The van der Waals surface area contributed by atoms with E-state index in [4.69, 9.17) is 4.42 Å². The number of carbonyl (C=O) groups is 2. The predicted molar refractivity (Wildman–Crippen MR) is 77.0 cm³/mol. The molecule has 1 aromatic rings. The highest BCUT2D eigenvalue weighted by molar-refractivity contribution is 5.91. The van der Waals surface area contributed by atoms with E-state index in [1.807, 2.05) is 9.80 Å². The van der Waals surface area contributed by atoms with Gasteiger partial charge in [-0.2, -0.15) is 0 Å². The molecular weight excluding hydrogens is 270 g/mol. The van der Waals surface area contributed by atoms with Crippen LogP contribution >= 0.6 is 0 Å². The molecule has 0 spiro atoms. The smallest absolute Gasteiger partial charge is 0.320 e. The summed E-state index contributed by atoms with van der Waals surface area (Å²) in [6.07, 6.45) is 4.92. The highest BCUT2D eigenvalue weighted by atomic mass is 16.3. The summed E-state index contributed by atoms with van der Waals surface area (Å²) < 4.78 is 5.14. The topological polar surface area (TPSA) is 57.0 Å². The molecule has 0 bridgehead atoms. The van der Waals surface area contributed by atoms with E-state index in [0.717, 1.165) is 25.9 Å². The summed E-state index contributed by atoms with van der Waals surface area (Å²) in [5.41, 5.74) is 0. The van der Waals surface area contributed by atoms with E-state index in [-0.39, 0.29) is 11.9 Å². The fourth-order valence-electron chi connectivity index (χ4n) is 2.94. The van der Waals surface area contributed by atoms with Crippen LogP contribution in [0.2, 0.25) is 0 Å². The summed E-state index contributed by atoms with van der Waals surface area (Å²) in [4.78, 5) is 30.1. The Morgan fingerprint density at radius 3 is 2.10 bits per heavy atom. The van der Waals surface area contributed by atoms with Crippen molar-refractivity contribution in [3.8, 4) is 0 Å². The van der Waals surface area contributed by atoms with Crippen LogP contribution in [0.25, 0.3) is 0 Å². The Hall–Kier alpha value is -1.98. The molecular formula is C15H21N3O3. The van der Waals surface area contributed by atoms with Crippen LogP contribution in [0.15, 0.2) is 22.8 Å². The SMILES string of the molecule is O=C(c1ccco1)N1CCN(C(=O)N2CCCCC2)CC1. The molecule has 6 nitrogen and oxygen atoms in total. The number of carbonyl (C=O) groups excluding carboxylic acids is 2. The highest BCUT2D eigenvalue weighted by Crippen LogP contribution is 2.14. The highest BCUT2D eigenvalue weighted by Gasteiger charge is 2.28. The Balaban J connectivity index is 1.52. The number of hydrogen-bond donors (Lipinski definition) is 0. The molecule has 0 aliphatic carbocycles. The molecule has 0 saturated carbocycles. The van der Waals surface area contributed by atoms with E-state index in [9.17, 15) is 9.59 Å². The lowest BCUT2D eigenvalue weighted by molar-refractivity contribution is 0.0604. The Morgan fingerprint density at radius 2 is 1.48 bits per heavy atom. The fourth-order valence-corrected chi connectivity index (χ4v) is 2.94. The zero-order valence-electron chi connectivity index (χ0n) is 12.2. The minimum atomic E-state index is -0.0925. The number of furan rings is 1. The summed E-state index contributed by atoms with van der Waals surface area (Å²) in [6, 6.07) is 3.51. The van der Waals surface area contributed by atoms with Gasteiger partial charge in [-0.15, -0.1) is 0 Å². The number of amides is 3. The van der Waals surface area contributed by atoms with Gasteiger partial charge in [0.25, 0.3) is 5.91 Å². The van der Waals surface area contributed by atoms with Gasteiger partial charge >= 0.3 is 6.03 Å². The average molecular weight is 291 g/mol. The van der Waals surface area contributed by atoms with Gasteiger partial charge in [-0.05, 0) is 31.4 Å².